The number of unbranched alkanes of at least 4 members (excludes halogenated alkanes) is 3. The van der Waals surface area contributed by atoms with Gasteiger partial charge in [-0.3, -0.25) is 0 Å². The van der Waals surface area contributed by atoms with Crippen molar-refractivity contribution >= 4 is 39.0 Å². The number of nitrogens with zero attached hydrogens (tertiary/aromatic N) is 1. The minimum Gasteiger partial charge on any atom is -0.227 e. The third kappa shape index (κ3) is 5.10. The van der Waals surface area contributed by atoms with Gasteiger partial charge in [0.05, 0.1) is 4.88 Å². The van der Waals surface area contributed by atoms with E-state index in [-0.39, 0.29) is 10.5 Å². The van der Waals surface area contributed by atoms with Crippen LogP contribution in [-0.2, 0) is 6.42 Å². The molecule has 0 N–H and O–H groups in total. The Morgan fingerprint density at radius 1 is 1.29 bits per heavy atom. The Balaban J connectivity index is 2.07. The SMILES string of the molecule is C=[S@@](C)C#Cc1csc(-c2sccc2CCCCCC)n1. The predicted molar refractivity (Wildman–Crippen MR) is 101 cm³/mol. The molecule has 0 unspecified atom stereocenters. The van der Waals surface area contributed by atoms with Crippen molar-refractivity contribution in [1.82, 2.24) is 4.98 Å². The van der Waals surface area contributed by atoms with Crippen LogP contribution in [0, 0.1) is 11.2 Å². The minimum atomic E-state index is -0.0982. The summed E-state index contributed by atoms with van der Waals surface area (Å²) in [5.74, 6) is 7.01. The van der Waals surface area contributed by atoms with Crippen molar-refractivity contribution in [3.05, 3.63) is 28.1 Å². The number of thiophene rings is 1. The lowest BCUT2D eigenvalue weighted by atomic mass is 10.1. The van der Waals surface area contributed by atoms with E-state index < -0.39 is 0 Å². The van der Waals surface area contributed by atoms with Gasteiger partial charge in [-0.1, -0.05) is 32.1 Å². The number of aromatic nitrogens is 1. The van der Waals surface area contributed by atoms with Gasteiger partial charge in [0.25, 0.3) is 0 Å². The van der Waals surface area contributed by atoms with Gasteiger partial charge in [0.2, 0.25) is 0 Å². The number of thiazole rings is 1. The molecule has 0 aliphatic heterocycles. The van der Waals surface area contributed by atoms with Crippen LogP contribution in [0.5, 0.6) is 0 Å². The number of aryl methyl sites for hydroxylation is 1. The summed E-state index contributed by atoms with van der Waals surface area (Å²) in [6.45, 7) is 2.25. The summed E-state index contributed by atoms with van der Waals surface area (Å²) in [5, 5.41) is 8.44. The van der Waals surface area contributed by atoms with Crippen LogP contribution < -0.4 is 0 Å². The second-order valence-electron chi connectivity index (χ2n) is 4.99. The van der Waals surface area contributed by atoms with Gasteiger partial charge in [0, 0.05) is 5.38 Å². The van der Waals surface area contributed by atoms with E-state index in [9.17, 15) is 0 Å². The summed E-state index contributed by atoms with van der Waals surface area (Å²) in [6.07, 6.45) is 8.40. The van der Waals surface area contributed by atoms with E-state index in [1.165, 1.54) is 36.1 Å². The first kappa shape index (κ1) is 16.5. The molecule has 0 fully saturated rings. The lowest BCUT2D eigenvalue weighted by Crippen LogP contribution is -1.86. The number of rotatable bonds is 6. The zero-order valence-electron chi connectivity index (χ0n) is 12.6. The maximum atomic E-state index is 4.66. The molecular weight excluding hydrogens is 314 g/mol. The summed E-state index contributed by atoms with van der Waals surface area (Å²) < 4.78 is 0. The lowest BCUT2D eigenvalue weighted by molar-refractivity contribution is 0.668. The van der Waals surface area contributed by atoms with Gasteiger partial charge in [-0.15, -0.1) is 33.2 Å². The van der Waals surface area contributed by atoms with Crippen LogP contribution in [0.3, 0.4) is 0 Å². The first-order chi connectivity index (χ1) is 10.2. The average molecular weight is 336 g/mol. The van der Waals surface area contributed by atoms with Crippen LogP contribution in [-0.4, -0.2) is 17.1 Å². The maximum Gasteiger partial charge on any atom is 0.135 e. The van der Waals surface area contributed by atoms with Gasteiger partial charge in [-0.05, 0) is 47.3 Å². The molecule has 2 rings (SSSR count). The van der Waals surface area contributed by atoms with E-state index in [1.54, 1.807) is 22.7 Å². The Labute approximate surface area is 138 Å². The highest BCUT2D eigenvalue weighted by atomic mass is 32.2. The van der Waals surface area contributed by atoms with E-state index in [0.717, 1.165) is 17.1 Å². The van der Waals surface area contributed by atoms with Crippen molar-refractivity contribution in [3.63, 3.8) is 0 Å². The quantitative estimate of drug-likeness (QED) is 0.378. The van der Waals surface area contributed by atoms with E-state index in [2.05, 4.69) is 45.8 Å². The standard InChI is InChI=1S/C17H21NS3/c1-4-5-6-7-8-14-9-11-19-16(14)17-18-15(13-20-17)10-12-21(2)3/h9,11,13H,2,4-8H2,1,3H3/t21-/m0/s1. The zero-order chi connectivity index (χ0) is 15.1. The number of hydrogen-bond acceptors (Lipinski definition) is 3. The van der Waals surface area contributed by atoms with Crippen molar-refractivity contribution in [1.29, 1.82) is 0 Å². The van der Waals surface area contributed by atoms with Crippen LogP contribution >= 0.6 is 33.2 Å². The Bertz CT molecular complexity index is 655. The van der Waals surface area contributed by atoms with Gasteiger partial charge in [0.1, 0.15) is 10.7 Å². The van der Waals surface area contributed by atoms with Crippen molar-refractivity contribution in [2.75, 3.05) is 6.26 Å². The van der Waals surface area contributed by atoms with E-state index in [4.69, 9.17) is 0 Å². The van der Waals surface area contributed by atoms with Crippen LogP contribution in [0.25, 0.3) is 9.88 Å². The maximum absolute atomic E-state index is 4.66. The Morgan fingerprint density at radius 3 is 2.90 bits per heavy atom. The molecule has 112 valence electrons. The van der Waals surface area contributed by atoms with Crippen molar-refractivity contribution in [2.24, 2.45) is 0 Å². The summed E-state index contributed by atoms with van der Waals surface area (Å²) in [5.41, 5.74) is 2.32. The van der Waals surface area contributed by atoms with E-state index >= 15 is 0 Å². The third-order valence-corrected chi connectivity index (χ3v) is 5.50. The van der Waals surface area contributed by atoms with Gasteiger partial charge in [-0.2, -0.15) is 0 Å². The molecule has 0 aromatic carbocycles. The minimum absolute atomic E-state index is 0.0982. The molecule has 21 heavy (non-hydrogen) atoms. The molecule has 1 atom stereocenters. The average Bonchev–Trinajstić information content (AvgIpc) is 3.10. The topological polar surface area (TPSA) is 12.9 Å². The Kier molecular flexibility index (Phi) is 6.69. The van der Waals surface area contributed by atoms with Crippen LogP contribution in [0.2, 0.25) is 0 Å². The normalized spacial score (nSPS) is 11.9. The number of hydrogen-bond donors (Lipinski definition) is 0. The molecule has 4 heteroatoms. The van der Waals surface area contributed by atoms with Crippen LogP contribution in [0.4, 0.5) is 0 Å². The summed E-state index contributed by atoms with van der Waals surface area (Å²) in [7, 11) is -0.0982. The third-order valence-electron chi connectivity index (χ3n) is 3.10. The van der Waals surface area contributed by atoms with Gasteiger partial charge in [0.15, 0.2) is 0 Å². The van der Waals surface area contributed by atoms with Crippen molar-refractivity contribution < 1.29 is 0 Å². The van der Waals surface area contributed by atoms with Gasteiger partial charge >= 0.3 is 0 Å². The smallest absolute Gasteiger partial charge is 0.135 e. The first-order valence-electron chi connectivity index (χ1n) is 7.20. The fourth-order valence-corrected chi connectivity index (χ4v) is 4.17. The summed E-state index contributed by atoms with van der Waals surface area (Å²) >= 11 is 3.49. The summed E-state index contributed by atoms with van der Waals surface area (Å²) in [6, 6.07) is 2.25. The first-order valence-corrected chi connectivity index (χ1v) is 10.8. The molecule has 0 amide bonds. The van der Waals surface area contributed by atoms with Crippen LogP contribution in [0.15, 0.2) is 16.8 Å². The predicted octanol–water partition coefficient (Wildman–Crippen LogP) is 5.63. The summed E-state index contributed by atoms with van der Waals surface area (Å²) in [4.78, 5) is 5.99. The molecule has 0 radical (unpaired) electrons. The molecule has 0 bridgehead atoms. The largest absolute Gasteiger partial charge is 0.227 e. The molecule has 0 saturated heterocycles. The molecule has 2 aromatic heterocycles. The monoisotopic (exact) mass is 335 g/mol. The molecular formula is C17H21NS3. The Morgan fingerprint density at radius 2 is 2.14 bits per heavy atom. The lowest BCUT2D eigenvalue weighted by Gasteiger charge is -2.01. The van der Waals surface area contributed by atoms with Gasteiger partial charge < -0.3 is 0 Å². The molecule has 0 aliphatic rings. The highest BCUT2D eigenvalue weighted by Gasteiger charge is 2.10. The molecule has 0 spiro atoms. The zero-order valence-corrected chi connectivity index (χ0v) is 15.1. The highest BCUT2D eigenvalue weighted by molar-refractivity contribution is 8.17. The Hall–Kier alpha value is -0.890. The fourth-order valence-electron chi connectivity index (χ4n) is 2.04. The molecule has 2 aromatic rings. The molecule has 2 heterocycles. The van der Waals surface area contributed by atoms with Crippen LogP contribution in [0.1, 0.15) is 43.9 Å². The van der Waals surface area contributed by atoms with Gasteiger partial charge in [-0.25, -0.2) is 4.98 Å². The second-order valence-corrected chi connectivity index (χ2v) is 8.24. The van der Waals surface area contributed by atoms with Crippen molar-refractivity contribution in [2.45, 2.75) is 39.0 Å². The fraction of sp³-hybridized carbons (Fsp3) is 0.412. The van der Waals surface area contributed by atoms with Crippen molar-refractivity contribution in [3.8, 4) is 21.1 Å². The second kappa shape index (κ2) is 8.53. The highest BCUT2D eigenvalue weighted by Crippen LogP contribution is 2.33. The van der Waals surface area contributed by atoms with E-state index in [0.29, 0.717) is 0 Å². The molecule has 0 aliphatic carbocycles. The molecule has 1 nitrogen and oxygen atoms in total. The van der Waals surface area contributed by atoms with E-state index in [1.807, 2.05) is 6.26 Å². The molecule has 0 saturated carbocycles.